The van der Waals surface area contributed by atoms with Crippen LogP contribution in [0.3, 0.4) is 0 Å². The Kier molecular flexibility index (Phi) is 3.00. The number of nitrogens with zero attached hydrogens (tertiary/aromatic N) is 1. The Balaban J connectivity index is 1.81. The number of rotatable bonds is 1. The third-order valence-corrected chi connectivity index (χ3v) is 6.00. The number of fused-ring (bicyclic) bond motifs is 4. The Labute approximate surface area is 143 Å². The SMILES string of the molecule is CC1=C(c2cccc3c2CCCC3)c2c(n(C)c3ccccc23)C1. The Morgan fingerprint density at radius 1 is 0.917 bits per heavy atom. The lowest BCUT2D eigenvalue weighted by Gasteiger charge is -2.21. The molecule has 0 saturated heterocycles. The molecule has 2 aromatic carbocycles. The summed E-state index contributed by atoms with van der Waals surface area (Å²) < 4.78 is 2.40. The van der Waals surface area contributed by atoms with Gasteiger partial charge in [0.2, 0.25) is 0 Å². The molecule has 0 unspecified atom stereocenters. The summed E-state index contributed by atoms with van der Waals surface area (Å²) in [5, 5.41) is 1.41. The van der Waals surface area contributed by atoms with Crippen LogP contribution < -0.4 is 0 Å². The van der Waals surface area contributed by atoms with E-state index in [9.17, 15) is 0 Å². The minimum absolute atomic E-state index is 1.08. The maximum absolute atomic E-state index is 2.40. The second-order valence-electron chi connectivity index (χ2n) is 7.38. The van der Waals surface area contributed by atoms with Gasteiger partial charge >= 0.3 is 0 Å². The van der Waals surface area contributed by atoms with E-state index in [0.717, 1.165) is 6.42 Å². The van der Waals surface area contributed by atoms with Crippen LogP contribution in [0.2, 0.25) is 0 Å². The van der Waals surface area contributed by atoms with Gasteiger partial charge in [0.15, 0.2) is 0 Å². The zero-order chi connectivity index (χ0) is 16.3. The molecule has 2 aliphatic carbocycles. The van der Waals surface area contributed by atoms with Gasteiger partial charge in [-0.1, -0.05) is 42.0 Å². The van der Waals surface area contributed by atoms with E-state index < -0.39 is 0 Å². The quantitative estimate of drug-likeness (QED) is 0.564. The predicted molar refractivity (Wildman–Crippen MR) is 101 cm³/mol. The van der Waals surface area contributed by atoms with E-state index in [0.29, 0.717) is 0 Å². The minimum atomic E-state index is 1.08. The van der Waals surface area contributed by atoms with Gasteiger partial charge < -0.3 is 4.57 Å². The molecule has 24 heavy (non-hydrogen) atoms. The van der Waals surface area contributed by atoms with Crippen molar-refractivity contribution in [3.8, 4) is 0 Å². The molecule has 0 bridgehead atoms. The highest BCUT2D eigenvalue weighted by Gasteiger charge is 2.28. The highest BCUT2D eigenvalue weighted by molar-refractivity contribution is 6.02. The highest BCUT2D eigenvalue weighted by atomic mass is 15.0. The topological polar surface area (TPSA) is 4.93 Å². The summed E-state index contributed by atoms with van der Waals surface area (Å²) in [6.07, 6.45) is 6.24. The fourth-order valence-corrected chi connectivity index (χ4v) is 4.87. The van der Waals surface area contributed by atoms with Crippen molar-refractivity contribution in [2.75, 3.05) is 0 Å². The summed E-state index contributed by atoms with van der Waals surface area (Å²) in [7, 11) is 2.22. The zero-order valence-electron chi connectivity index (χ0n) is 14.5. The van der Waals surface area contributed by atoms with Gasteiger partial charge in [0.05, 0.1) is 0 Å². The number of benzene rings is 2. The molecule has 1 heteroatoms. The van der Waals surface area contributed by atoms with Crippen molar-refractivity contribution in [1.82, 2.24) is 4.57 Å². The van der Waals surface area contributed by atoms with E-state index in [4.69, 9.17) is 0 Å². The van der Waals surface area contributed by atoms with Crippen LogP contribution in [0.15, 0.2) is 48.0 Å². The molecule has 0 fully saturated rings. The molecule has 0 saturated carbocycles. The van der Waals surface area contributed by atoms with Crippen molar-refractivity contribution in [3.63, 3.8) is 0 Å². The lowest BCUT2D eigenvalue weighted by molar-refractivity contribution is 0.684. The van der Waals surface area contributed by atoms with Gasteiger partial charge in [0, 0.05) is 35.6 Å². The molecule has 0 radical (unpaired) electrons. The maximum Gasteiger partial charge on any atom is 0.0486 e. The summed E-state index contributed by atoms with van der Waals surface area (Å²) in [6.45, 7) is 2.33. The Bertz CT molecular complexity index is 1000. The van der Waals surface area contributed by atoms with Crippen molar-refractivity contribution in [2.45, 2.75) is 39.0 Å². The number of para-hydroxylation sites is 1. The van der Waals surface area contributed by atoms with Gasteiger partial charge in [-0.05, 0) is 60.9 Å². The van der Waals surface area contributed by atoms with Gasteiger partial charge in [-0.25, -0.2) is 0 Å². The molecule has 5 rings (SSSR count). The normalized spacial score (nSPS) is 16.6. The first-order chi connectivity index (χ1) is 11.8. The first kappa shape index (κ1) is 14.1. The van der Waals surface area contributed by atoms with E-state index in [1.807, 2.05) is 0 Å². The zero-order valence-corrected chi connectivity index (χ0v) is 14.5. The number of hydrogen-bond donors (Lipinski definition) is 0. The number of aromatic nitrogens is 1. The summed E-state index contributed by atoms with van der Waals surface area (Å²) in [5.41, 5.74) is 12.1. The van der Waals surface area contributed by atoms with E-state index in [1.165, 1.54) is 64.6 Å². The van der Waals surface area contributed by atoms with Crippen LogP contribution in [0.25, 0.3) is 16.5 Å². The van der Waals surface area contributed by atoms with Gasteiger partial charge in [-0.2, -0.15) is 0 Å². The molecule has 0 amide bonds. The second kappa shape index (κ2) is 5.11. The third-order valence-electron chi connectivity index (χ3n) is 6.00. The second-order valence-corrected chi connectivity index (χ2v) is 7.38. The average Bonchev–Trinajstić information content (AvgIpc) is 3.09. The monoisotopic (exact) mass is 313 g/mol. The molecule has 0 spiro atoms. The molecule has 3 aromatic rings. The van der Waals surface area contributed by atoms with Crippen molar-refractivity contribution in [2.24, 2.45) is 7.05 Å². The highest BCUT2D eigenvalue weighted by Crippen LogP contribution is 2.44. The first-order valence-corrected chi connectivity index (χ1v) is 9.13. The first-order valence-electron chi connectivity index (χ1n) is 9.13. The Morgan fingerprint density at radius 3 is 2.67 bits per heavy atom. The average molecular weight is 313 g/mol. The van der Waals surface area contributed by atoms with Crippen LogP contribution >= 0.6 is 0 Å². The van der Waals surface area contributed by atoms with E-state index in [2.05, 4.69) is 61.0 Å². The van der Waals surface area contributed by atoms with Crippen LogP contribution in [0.1, 0.15) is 47.7 Å². The standard InChI is InChI=1S/C23H23N/c1-15-14-21-23(19-11-5-6-13-20(19)24(21)2)22(15)18-12-7-9-16-8-3-4-10-17(16)18/h5-7,9,11-13H,3-4,8,10,14H2,1-2H3. The van der Waals surface area contributed by atoms with Gasteiger partial charge in [-0.3, -0.25) is 0 Å². The summed E-state index contributed by atoms with van der Waals surface area (Å²) in [4.78, 5) is 0. The van der Waals surface area contributed by atoms with Gasteiger partial charge in [-0.15, -0.1) is 0 Å². The molecule has 1 aromatic heterocycles. The summed E-state index contributed by atoms with van der Waals surface area (Å²) in [6, 6.07) is 15.8. The van der Waals surface area contributed by atoms with E-state index >= 15 is 0 Å². The Hall–Kier alpha value is -2.28. The molecule has 1 heterocycles. The van der Waals surface area contributed by atoms with Crippen molar-refractivity contribution >= 4 is 16.5 Å². The van der Waals surface area contributed by atoms with Crippen molar-refractivity contribution < 1.29 is 0 Å². The van der Waals surface area contributed by atoms with E-state index in [1.54, 1.807) is 11.1 Å². The van der Waals surface area contributed by atoms with Crippen LogP contribution in [0, 0.1) is 0 Å². The van der Waals surface area contributed by atoms with Crippen LogP contribution in [0.4, 0.5) is 0 Å². The van der Waals surface area contributed by atoms with Crippen LogP contribution in [0.5, 0.6) is 0 Å². The summed E-state index contributed by atoms with van der Waals surface area (Å²) in [5.74, 6) is 0. The molecule has 2 aliphatic rings. The maximum atomic E-state index is 2.40. The molecule has 0 atom stereocenters. The third kappa shape index (κ3) is 1.81. The van der Waals surface area contributed by atoms with Crippen LogP contribution in [-0.4, -0.2) is 4.57 Å². The number of allylic oxidation sites excluding steroid dienone is 1. The summed E-state index contributed by atoms with van der Waals surface area (Å²) >= 11 is 0. The predicted octanol–water partition coefficient (Wildman–Crippen LogP) is 5.44. The van der Waals surface area contributed by atoms with Gasteiger partial charge in [0.1, 0.15) is 0 Å². The lowest BCUT2D eigenvalue weighted by atomic mass is 9.84. The lowest BCUT2D eigenvalue weighted by Crippen LogP contribution is -2.06. The molecule has 120 valence electrons. The number of hydrogen-bond acceptors (Lipinski definition) is 0. The molecular formula is C23H23N. The largest absolute Gasteiger partial charge is 0.347 e. The van der Waals surface area contributed by atoms with Crippen molar-refractivity contribution in [3.05, 3.63) is 76.0 Å². The molecule has 0 N–H and O–H groups in total. The fraction of sp³-hybridized carbons (Fsp3) is 0.304. The van der Waals surface area contributed by atoms with E-state index in [-0.39, 0.29) is 0 Å². The fourth-order valence-electron chi connectivity index (χ4n) is 4.87. The van der Waals surface area contributed by atoms with Crippen molar-refractivity contribution in [1.29, 1.82) is 0 Å². The Morgan fingerprint density at radius 2 is 1.75 bits per heavy atom. The molecule has 0 aliphatic heterocycles. The molecule has 1 nitrogen and oxygen atoms in total. The minimum Gasteiger partial charge on any atom is -0.347 e. The van der Waals surface area contributed by atoms with Gasteiger partial charge in [0.25, 0.3) is 0 Å². The molecular weight excluding hydrogens is 290 g/mol. The number of aryl methyl sites for hydroxylation is 2. The van der Waals surface area contributed by atoms with Crippen LogP contribution in [-0.2, 0) is 26.3 Å². The smallest absolute Gasteiger partial charge is 0.0486 e.